The molecular weight excluding hydrogens is 238 g/mol. The lowest BCUT2D eigenvalue weighted by Gasteiger charge is -2.23. The predicted octanol–water partition coefficient (Wildman–Crippen LogP) is 1.71. The maximum absolute atomic E-state index is 13.3. The molecule has 1 amide bonds. The van der Waals surface area contributed by atoms with E-state index >= 15 is 0 Å². The lowest BCUT2D eigenvalue weighted by molar-refractivity contribution is -0.126. The van der Waals surface area contributed by atoms with Gasteiger partial charge in [-0.2, -0.15) is 0 Å². The van der Waals surface area contributed by atoms with Crippen LogP contribution in [0.25, 0.3) is 0 Å². The third kappa shape index (κ3) is 2.67. The molecule has 5 heteroatoms. The van der Waals surface area contributed by atoms with Crippen molar-refractivity contribution in [1.82, 2.24) is 5.32 Å². The fourth-order valence-electron chi connectivity index (χ4n) is 1.90. The van der Waals surface area contributed by atoms with Gasteiger partial charge in [0.15, 0.2) is 0 Å². The Morgan fingerprint density at radius 1 is 1.50 bits per heavy atom. The molecule has 0 radical (unpaired) electrons. The van der Waals surface area contributed by atoms with Crippen LogP contribution in [0.3, 0.4) is 0 Å². The van der Waals surface area contributed by atoms with E-state index in [1.807, 2.05) is 0 Å². The van der Waals surface area contributed by atoms with Crippen molar-refractivity contribution in [3.05, 3.63) is 35.4 Å². The molecule has 3 nitrogen and oxygen atoms in total. The van der Waals surface area contributed by atoms with Crippen molar-refractivity contribution in [2.75, 3.05) is 0 Å². The van der Waals surface area contributed by atoms with Crippen LogP contribution in [0.4, 0.5) is 8.78 Å². The van der Waals surface area contributed by atoms with E-state index in [0.29, 0.717) is 0 Å². The highest BCUT2D eigenvalue weighted by Crippen LogP contribution is 2.38. The number of nitrogens with two attached hydrogens (primary N) is 1. The number of nitrogens with one attached hydrogen (secondary N) is 1. The van der Waals surface area contributed by atoms with Gasteiger partial charge >= 0.3 is 0 Å². The van der Waals surface area contributed by atoms with Crippen LogP contribution in [0.2, 0.25) is 0 Å². The van der Waals surface area contributed by atoms with Gasteiger partial charge in [-0.15, -0.1) is 0 Å². The molecule has 0 aromatic heterocycles. The smallest absolute Gasteiger partial charge is 0.240 e. The van der Waals surface area contributed by atoms with E-state index in [2.05, 4.69) is 5.32 Å². The Morgan fingerprint density at radius 2 is 2.17 bits per heavy atom. The zero-order valence-electron chi connectivity index (χ0n) is 10.2. The first-order valence-corrected chi connectivity index (χ1v) is 5.92. The van der Waals surface area contributed by atoms with Crippen LogP contribution in [0.1, 0.15) is 25.3 Å². The van der Waals surface area contributed by atoms with Crippen LogP contribution >= 0.6 is 0 Å². The maximum Gasteiger partial charge on any atom is 0.240 e. The summed E-state index contributed by atoms with van der Waals surface area (Å²) in [4.78, 5) is 11.9. The fraction of sp³-hybridized carbons (Fsp3) is 0.462. The van der Waals surface area contributed by atoms with Gasteiger partial charge in [-0.1, -0.05) is 6.07 Å². The molecule has 1 aromatic carbocycles. The molecule has 1 aliphatic carbocycles. The molecule has 1 unspecified atom stereocenters. The van der Waals surface area contributed by atoms with Crippen LogP contribution in [-0.4, -0.2) is 11.4 Å². The number of halogens is 2. The molecule has 0 spiro atoms. The van der Waals surface area contributed by atoms with Gasteiger partial charge in [-0.05, 0) is 31.7 Å². The first-order chi connectivity index (χ1) is 8.41. The highest BCUT2D eigenvalue weighted by molar-refractivity contribution is 5.86. The first kappa shape index (κ1) is 13.0. The van der Waals surface area contributed by atoms with Gasteiger partial charge in [0.1, 0.15) is 11.6 Å². The van der Waals surface area contributed by atoms with Gasteiger partial charge in [0.25, 0.3) is 0 Å². The van der Waals surface area contributed by atoms with Crippen LogP contribution in [0.15, 0.2) is 18.2 Å². The van der Waals surface area contributed by atoms with Crippen molar-refractivity contribution < 1.29 is 13.6 Å². The van der Waals surface area contributed by atoms with E-state index in [4.69, 9.17) is 5.73 Å². The first-order valence-electron chi connectivity index (χ1n) is 5.92. The van der Waals surface area contributed by atoms with Gasteiger partial charge in [0.05, 0.1) is 5.54 Å². The third-order valence-corrected chi connectivity index (χ3v) is 3.37. The summed E-state index contributed by atoms with van der Waals surface area (Å²) in [5.74, 6) is -1.39. The zero-order chi connectivity index (χ0) is 13.3. The van der Waals surface area contributed by atoms with Crippen molar-refractivity contribution in [2.45, 2.75) is 31.8 Å². The molecule has 0 saturated heterocycles. The monoisotopic (exact) mass is 254 g/mol. The minimum absolute atomic E-state index is 0.0183. The molecule has 0 bridgehead atoms. The molecule has 1 aromatic rings. The Bertz CT molecular complexity index is 470. The molecule has 1 saturated carbocycles. The van der Waals surface area contributed by atoms with Crippen molar-refractivity contribution >= 4 is 5.91 Å². The molecule has 1 fully saturated rings. The standard InChI is InChI=1S/C13H16F2N2O/c1-13(16,9-3-4-9)12(18)17-7-8-2-5-10(14)6-11(8)15/h2,5-6,9H,3-4,7,16H2,1H3,(H,17,18). The number of hydrogen-bond acceptors (Lipinski definition) is 2. The van der Waals surface area contributed by atoms with Gasteiger partial charge < -0.3 is 11.1 Å². The Hall–Kier alpha value is -1.49. The second-order valence-electron chi connectivity index (χ2n) is 4.98. The molecule has 1 atom stereocenters. The minimum Gasteiger partial charge on any atom is -0.350 e. The van der Waals surface area contributed by atoms with Crippen LogP contribution in [0, 0.1) is 17.6 Å². The van der Waals surface area contributed by atoms with Crippen LogP contribution in [0.5, 0.6) is 0 Å². The number of benzene rings is 1. The summed E-state index contributed by atoms with van der Waals surface area (Å²) < 4.78 is 26.0. The SMILES string of the molecule is CC(N)(C(=O)NCc1ccc(F)cc1F)C1CC1. The predicted molar refractivity (Wildman–Crippen MR) is 63.5 cm³/mol. The molecule has 1 aliphatic rings. The lowest BCUT2D eigenvalue weighted by Crippen LogP contribution is -2.53. The summed E-state index contributed by atoms with van der Waals surface area (Å²) in [7, 11) is 0. The van der Waals surface area contributed by atoms with Crippen molar-refractivity contribution in [3.8, 4) is 0 Å². The van der Waals surface area contributed by atoms with Crippen LogP contribution in [-0.2, 0) is 11.3 Å². The van der Waals surface area contributed by atoms with Crippen molar-refractivity contribution in [1.29, 1.82) is 0 Å². The third-order valence-electron chi connectivity index (χ3n) is 3.37. The van der Waals surface area contributed by atoms with Gasteiger partial charge in [0, 0.05) is 18.2 Å². The highest BCUT2D eigenvalue weighted by atomic mass is 19.1. The Balaban J connectivity index is 1.97. The number of amides is 1. The van der Waals surface area contributed by atoms with E-state index in [1.165, 1.54) is 6.07 Å². The average Bonchev–Trinajstić information content (AvgIpc) is 3.11. The summed E-state index contributed by atoms with van der Waals surface area (Å²) in [6.07, 6.45) is 1.90. The van der Waals surface area contributed by atoms with E-state index in [9.17, 15) is 13.6 Å². The Kier molecular flexibility index (Phi) is 3.34. The van der Waals surface area contributed by atoms with Crippen molar-refractivity contribution in [3.63, 3.8) is 0 Å². The maximum atomic E-state index is 13.3. The molecule has 18 heavy (non-hydrogen) atoms. The zero-order valence-corrected chi connectivity index (χ0v) is 10.2. The quantitative estimate of drug-likeness (QED) is 0.859. The number of carbonyl (C=O) groups is 1. The number of rotatable bonds is 4. The molecule has 0 heterocycles. The topological polar surface area (TPSA) is 55.1 Å². The van der Waals surface area contributed by atoms with E-state index in [1.54, 1.807) is 6.92 Å². The molecular formula is C13H16F2N2O. The Morgan fingerprint density at radius 3 is 2.72 bits per heavy atom. The Labute approximate surface area is 104 Å². The average molecular weight is 254 g/mol. The van der Waals surface area contributed by atoms with E-state index in [0.717, 1.165) is 25.0 Å². The molecule has 0 aliphatic heterocycles. The fourth-order valence-corrected chi connectivity index (χ4v) is 1.90. The van der Waals surface area contributed by atoms with Gasteiger partial charge in [0.2, 0.25) is 5.91 Å². The van der Waals surface area contributed by atoms with Crippen LogP contribution < -0.4 is 11.1 Å². The summed E-state index contributed by atoms with van der Waals surface area (Å²) in [5, 5.41) is 2.59. The summed E-state index contributed by atoms with van der Waals surface area (Å²) >= 11 is 0. The second kappa shape index (κ2) is 4.65. The van der Waals surface area contributed by atoms with E-state index in [-0.39, 0.29) is 23.9 Å². The second-order valence-corrected chi connectivity index (χ2v) is 4.98. The molecule has 2 rings (SSSR count). The summed E-state index contributed by atoms with van der Waals surface area (Å²) in [6.45, 7) is 1.70. The number of carbonyl (C=O) groups excluding carboxylic acids is 1. The normalized spacial score (nSPS) is 18.2. The summed E-state index contributed by atoms with van der Waals surface area (Å²) in [5.41, 5.74) is 5.27. The van der Waals surface area contributed by atoms with Crippen molar-refractivity contribution in [2.24, 2.45) is 11.7 Å². The van der Waals surface area contributed by atoms with Gasteiger partial charge in [-0.25, -0.2) is 8.78 Å². The molecule has 98 valence electrons. The van der Waals surface area contributed by atoms with E-state index < -0.39 is 17.2 Å². The summed E-state index contributed by atoms with van der Waals surface area (Å²) in [6, 6.07) is 3.27. The minimum atomic E-state index is -0.906. The molecule has 3 N–H and O–H groups in total. The largest absolute Gasteiger partial charge is 0.350 e. The highest BCUT2D eigenvalue weighted by Gasteiger charge is 2.43. The van der Waals surface area contributed by atoms with Gasteiger partial charge in [-0.3, -0.25) is 4.79 Å². The number of hydrogen-bond donors (Lipinski definition) is 2. The lowest BCUT2D eigenvalue weighted by atomic mass is 9.96.